The van der Waals surface area contributed by atoms with Gasteiger partial charge in [-0.3, -0.25) is 24.7 Å². The number of fused-ring (bicyclic) bond motifs is 1. The van der Waals surface area contributed by atoms with Crippen LogP contribution in [0.25, 0.3) is 11.0 Å². The van der Waals surface area contributed by atoms with Crippen molar-refractivity contribution in [3.8, 4) is 0 Å². The number of likely N-dealkylation sites (tertiary alicyclic amines) is 2. The molecule has 10 heteroatoms. The zero-order valence-corrected chi connectivity index (χ0v) is 21.5. The summed E-state index contributed by atoms with van der Waals surface area (Å²) in [5, 5.41) is 6.92. The molecular weight excluding hydrogens is 484 g/mol. The summed E-state index contributed by atoms with van der Waals surface area (Å²) in [5.74, 6) is 0.366. The number of hydrogen-bond acceptors (Lipinski definition) is 6. The molecule has 0 radical (unpaired) electrons. The predicted molar refractivity (Wildman–Crippen MR) is 144 cm³/mol. The Labute approximate surface area is 221 Å². The number of hydrogen-bond donors (Lipinski definition) is 2. The van der Waals surface area contributed by atoms with Crippen molar-refractivity contribution >= 4 is 40.3 Å². The van der Waals surface area contributed by atoms with Crippen molar-refractivity contribution in [1.29, 1.82) is 0 Å². The van der Waals surface area contributed by atoms with Gasteiger partial charge in [-0.2, -0.15) is 0 Å². The van der Waals surface area contributed by atoms with E-state index in [4.69, 9.17) is 9.41 Å². The van der Waals surface area contributed by atoms with Crippen LogP contribution in [0, 0.1) is 6.92 Å². The lowest BCUT2D eigenvalue weighted by atomic mass is 10.1. The minimum atomic E-state index is -0.719. The first-order chi connectivity index (χ1) is 18.5. The van der Waals surface area contributed by atoms with E-state index in [0.717, 1.165) is 55.5 Å². The summed E-state index contributed by atoms with van der Waals surface area (Å²) >= 11 is 0. The molecule has 0 bridgehead atoms. The lowest BCUT2D eigenvalue weighted by molar-refractivity contribution is -0.140. The Hall–Kier alpha value is -4.21. The van der Waals surface area contributed by atoms with Gasteiger partial charge in [0.25, 0.3) is 5.91 Å². The zero-order valence-electron chi connectivity index (χ0n) is 21.5. The van der Waals surface area contributed by atoms with Gasteiger partial charge in [-0.15, -0.1) is 0 Å². The first-order valence-corrected chi connectivity index (χ1v) is 13.1. The van der Waals surface area contributed by atoms with Crippen LogP contribution in [0.5, 0.6) is 0 Å². The van der Waals surface area contributed by atoms with Crippen LogP contribution in [0.15, 0.2) is 58.2 Å². The van der Waals surface area contributed by atoms with E-state index in [1.807, 2.05) is 36.1 Å². The first kappa shape index (κ1) is 25.4. The number of guanidine groups is 1. The largest absolute Gasteiger partial charge is 0.461 e. The number of anilines is 1. The highest BCUT2D eigenvalue weighted by Gasteiger charge is 2.30. The summed E-state index contributed by atoms with van der Waals surface area (Å²) in [6.07, 6.45) is 7.21. The Bertz CT molecular complexity index is 1350. The third kappa shape index (κ3) is 6.01. The van der Waals surface area contributed by atoms with Gasteiger partial charge in [0.1, 0.15) is 17.4 Å². The second-order valence-electron chi connectivity index (χ2n) is 9.76. The average Bonchev–Trinajstić information content (AvgIpc) is 3.55. The van der Waals surface area contributed by atoms with E-state index < -0.39 is 6.04 Å². The van der Waals surface area contributed by atoms with Crippen molar-refractivity contribution in [1.82, 2.24) is 20.1 Å². The van der Waals surface area contributed by atoms with Gasteiger partial charge in [0.2, 0.25) is 17.8 Å². The van der Waals surface area contributed by atoms with Crippen LogP contribution in [-0.4, -0.2) is 70.7 Å². The fourth-order valence-corrected chi connectivity index (χ4v) is 4.92. The smallest absolute Gasteiger partial charge is 0.258 e. The van der Waals surface area contributed by atoms with Crippen LogP contribution in [0.1, 0.15) is 48.2 Å². The molecule has 3 amide bonds. The molecule has 10 nitrogen and oxygen atoms in total. The van der Waals surface area contributed by atoms with Gasteiger partial charge in [-0.1, -0.05) is 0 Å². The number of pyridine rings is 1. The SMILES string of the molecule is Cc1cc2cc(NC(=N[C@H]3CCCCN(CC(=O)N4CCCC4)C3=O)NC(=O)c3ccncc3)ccc2o1. The maximum atomic E-state index is 13.5. The van der Waals surface area contributed by atoms with Crippen LogP contribution < -0.4 is 10.6 Å². The molecule has 4 heterocycles. The van der Waals surface area contributed by atoms with Crippen molar-refractivity contribution in [2.45, 2.75) is 45.1 Å². The fourth-order valence-electron chi connectivity index (χ4n) is 4.92. The van der Waals surface area contributed by atoms with Crippen LogP contribution in [0.4, 0.5) is 5.69 Å². The number of amides is 3. The molecule has 1 aromatic carbocycles. The molecule has 2 N–H and O–H groups in total. The highest BCUT2D eigenvalue weighted by Crippen LogP contribution is 2.23. The van der Waals surface area contributed by atoms with Gasteiger partial charge >= 0.3 is 0 Å². The highest BCUT2D eigenvalue weighted by molar-refractivity contribution is 6.10. The number of nitrogens with zero attached hydrogens (tertiary/aromatic N) is 4. The lowest BCUT2D eigenvalue weighted by Crippen LogP contribution is -2.45. The van der Waals surface area contributed by atoms with Gasteiger partial charge in [0.15, 0.2) is 0 Å². The van der Waals surface area contributed by atoms with E-state index in [1.54, 1.807) is 29.4 Å². The monoisotopic (exact) mass is 516 g/mol. The quantitative estimate of drug-likeness (QED) is 0.397. The van der Waals surface area contributed by atoms with Crippen molar-refractivity contribution in [3.63, 3.8) is 0 Å². The van der Waals surface area contributed by atoms with Gasteiger partial charge < -0.3 is 19.5 Å². The van der Waals surface area contributed by atoms with Crippen LogP contribution >= 0.6 is 0 Å². The number of nitrogens with one attached hydrogen (secondary N) is 2. The Kier molecular flexibility index (Phi) is 7.67. The van der Waals surface area contributed by atoms with E-state index in [9.17, 15) is 14.4 Å². The number of benzene rings is 1. The van der Waals surface area contributed by atoms with Crippen molar-refractivity contribution < 1.29 is 18.8 Å². The lowest BCUT2D eigenvalue weighted by Gasteiger charge is -2.25. The van der Waals surface area contributed by atoms with E-state index in [1.165, 1.54) is 0 Å². The second-order valence-corrected chi connectivity index (χ2v) is 9.76. The van der Waals surface area contributed by atoms with Gasteiger partial charge in [0.05, 0.1) is 6.54 Å². The summed E-state index contributed by atoms with van der Waals surface area (Å²) in [6.45, 7) is 3.96. The van der Waals surface area contributed by atoms with E-state index in [0.29, 0.717) is 24.2 Å². The molecule has 0 saturated carbocycles. The molecule has 0 unspecified atom stereocenters. The highest BCUT2D eigenvalue weighted by atomic mass is 16.3. The summed E-state index contributed by atoms with van der Waals surface area (Å²) in [4.78, 5) is 51.4. The minimum absolute atomic E-state index is 0.0199. The summed E-state index contributed by atoms with van der Waals surface area (Å²) in [5.41, 5.74) is 1.86. The summed E-state index contributed by atoms with van der Waals surface area (Å²) in [7, 11) is 0. The second kappa shape index (κ2) is 11.5. The maximum absolute atomic E-state index is 13.5. The number of aryl methyl sites for hydroxylation is 1. The Morgan fingerprint density at radius 1 is 1.05 bits per heavy atom. The standard InChI is InChI=1S/C28H32N6O4/c1-19-16-21-17-22(7-8-24(21)38-19)30-28(32-26(36)20-9-11-29-12-10-20)31-23-6-2-3-15-34(27(23)37)18-25(35)33-13-4-5-14-33/h7-12,16-17,23H,2-6,13-15,18H2,1H3,(H2,30,31,32,36)/t23-/m0/s1. The van der Waals surface area contributed by atoms with Crippen molar-refractivity contribution in [3.05, 3.63) is 60.1 Å². The molecule has 0 spiro atoms. The third-order valence-electron chi connectivity index (χ3n) is 6.90. The van der Waals surface area contributed by atoms with Crippen molar-refractivity contribution in [2.75, 3.05) is 31.5 Å². The first-order valence-electron chi connectivity index (χ1n) is 13.1. The minimum Gasteiger partial charge on any atom is -0.461 e. The zero-order chi connectivity index (χ0) is 26.5. The molecule has 2 fully saturated rings. The molecule has 2 saturated heterocycles. The molecule has 2 aliphatic rings. The molecular formula is C28H32N6O4. The number of aromatic nitrogens is 1. The molecule has 2 aliphatic heterocycles. The van der Waals surface area contributed by atoms with Gasteiger partial charge in [-0.05, 0) is 75.4 Å². The number of aliphatic imine (C=N–C) groups is 1. The summed E-state index contributed by atoms with van der Waals surface area (Å²) in [6, 6.07) is 9.99. The predicted octanol–water partition coefficient (Wildman–Crippen LogP) is 3.34. The molecule has 3 aromatic rings. The van der Waals surface area contributed by atoms with Crippen LogP contribution in [-0.2, 0) is 9.59 Å². The van der Waals surface area contributed by atoms with Crippen LogP contribution in [0.2, 0.25) is 0 Å². The van der Waals surface area contributed by atoms with Crippen molar-refractivity contribution in [2.24, 2.45) is 4.99 Å². The third-order valence-corrected chi connectivity index (χ3v) is 6.90. The Morgan fingerprint density at radius 2 is 1.82 bits per heavy atom. The van der Waals surface area contributed by atoms with Crippen LogP contribution in [0.3, 0.4) is 0 Å². The topological polar surface area (TPSA) is 120 Å². The molecule has 0 aliphatic carbocycles. The Morgan fingerprint density at radius 3 is 2.61 bits per heavy atom. The molecule has 1 atom stereocenters. The van der Waals surface area contributed by atoms with E-state index in [2.05, 4.69) is 15.6 Å². The molecule has 5 rings (SSSR count). The number of furan rings is 1. The maximum Gasteiger partial charge on any atom is 0.258 e. The van der Waals surface area contributed by atoms with Gasteiger partial charge in [-0.25, -0.2) is 4.99 Å². The fraction of sp³-hybridized carbons (Fsp3) is 0.393. The van der Waals surface area contributed by atoms with E-state index >= 15 is 0 Å². The molecule has 2 aromatic heterocycles. The molecule has 198 valence electrons. The Balaban J connectivity index is 1.39. The number of carbonyl (C=O) groups is 3. The van der Waals surface area contributed by atoms with E-state index in [-0.39, 0.29) is 30.2 Å². The normalized spacial score (nSPS) is 18.5. The van der Waals surface area contributed by atoms with Gasteiger partial charge in [0, 0.05) is 48.7 Å². The molecule has 38 heavy (non-hydrogen) atoms. The average molecular weight is 517 g/mol. The summed E-state index contributed by atoms with van der Waals surface area (Å²) < 4.78 is 5.67. The number of carbonyl (C=O) groups excluding carboxylic acids is 3. The number of rotatable bonds is 5.